The molecule has 4 nitrogen and oxygen atoms in total. The number of allylic oxidation sites excluding steroid dienone is 1. The zero-order valence-electron chi connectivity index (χ0n) is 11.2. The second-order valence-corrected chi connectivity index (χ2v) is 6.34. The Balaban J connectivity index is 2.27. The lowest BCUT2D eigenvalue weighted by Crippen LogP contribution is -2.35. The van der Waals surface area contributed by atoms with Gasteiger partial charge in [-0.15, -0.1) is 0 Å². The maximum atomic E-state index is 12.0. The van der Waals surface area contributed by atoms with Gasteiger partial charge in [-0.1, -0.05) is 22.0 Å². The summed E-state index contributed by atoms with van der Waals surface area (Å²) in [5.74, 6) is 0.778. The average Bonchev–Trinajstić information content (AvgIpc) is 2.44. The van der Waals surface area contributed by atoms with Gasteiger partial charge < -0.3 is 14.4 Å². The van der Waals surface area contributed by atoms with Gasteiger partial charge in [-0.25, -0.2) is 0 Å². The number of alkyl halides is 1. The number of rotatable bonds is 4. The minimum absolute atomic E-state index is 0.0640. The van der Waals surface area contributed by atoms with E-state index < -0.39 is 0 Å². The first kappa shape index (κ1) is 15.5. The van der Waals surface area contributed by atoms with Gasteiger partial charge in [-0.05, 0) is 40.5 Å². The van der Waals surface area contributed by atoms with Gasteiger partial charge in [0, 0.05) is 29.9 Å². The smallest absolute Gasteiger partial charge is 0.240 e. The molecule has 108 valence electrons. The van der Waals surface area contributed by atoms with Crippen LogP contribution in [0.2, 0.25) is 0 Å². The third-order valence-corrected chi connectivity index (χ3v) is 4.46. The molecule has 0 aliphatic carbocycles. The highest BCUT2D eigenvalue weighted by Crippen LogP contribution is 2.33. The topological polar surface area (TPSA) is 38.8 Å². The SMILES string of the molecule is COCOc1ccc(C2=CCC(Br)C(=O)N2C)c(Br)c1. The molecule has 0 aromatic heterocycles. The molecule has 0 radical (unpaired) electrons. The van der Waals surface area contributed by atoms with E-state index >= 15 is 0 Å². The lowest BCUT2D eigenvalue weighted by Gasteiger charge is -2.28. The Kier molecular flexibility index (Phi) is 5.23. The molecule has 20 heavy (non-hydrogen) atoms. The number of hydrogen-bond donors (Lipinski definition) is 0. The predicted molar refractivity (Wildman–Crippen MR) is 84.7 cm³/mol. The fourth-order valence-corrected chi connectivity index (χ4v) is 3.05. The second kappa shape index (κ2) is 6.74. The molecule has 6 heteroatoms. The Labute approximate surface area is 135 Å². The first-order valence-corrected chi connectivity index (χ1v) is 7.79. The van der Waals surface area contributed by atoms with Crippen LogP contribution in [0.25, 0.3) is 5.70 Å². The van der Waals surface area contributed by atoms with Crippen LogP contribution in [0.4, 0.5) is 0 Å². The van der Waals surface area contributed by atoms with Gasteiger partial charge in [-0.3, -0.25) is 4.79 Å². The number of amides is 1. The summed E-state index contributed by atoms with van der Waals surface area (Å²) in [5.41, 5.74) is 1.86. The van der Waals surface area contributed by atoms with E-state index in [9.17, 15) is 4.79 Å². The molecular formula is C14H15Br2NO3. The molecule has 1 amide bonds. The number of carbonyl (C=O) groups excluding carboxylic acids is 1. The number of nitrogens with zero attached hydrogens (tertiary/aromatic N) is 1. The van der Waals surface area contributed by atoms with Crippen molar-refractivity contribution < 1.29 is 14.3 Å². The van der Waals surface area contributed by atoms with Crippen molar-refractivity contribution in [1.29, 1.82) is 0 Å². The summed E-state index contributed by atoms with van der Waals surface area (Å²) < 4.78 is 11.1. The van der Waals surface area contributed by atoms with Crippen molar-refractivity contribution in [1.82, 2.24) is 4.90 Å². The lowest BCUT2D eigenvalue weighted by molar-refractivity contribution is -0.126. The standard InChI is InChI=1S/C14H15Br2NO3/c1-17-13(6-5-11(15)14(17)18)10-4-3-9(7-12(10)16)20-8-19-2/h3-4,6-7,11H,5,8H2,1-2H3. The fourth-order valence-electron chi connectivity index (χ4n) is 1.99. The van der Waals surface area contributed by atoms with Crippen molar-refractivity contribution in [3.8, 4) is 5.75 Å². The summed E-state index contributed by atoms with van der Waals surface area (Å²) in [5, 5.41) is 0. The van der Waals surface area contributed by atoms with Crippen LogP contribution in [0.1, 0.15) is 12.0 Å². The number of methoxy groups -OCH3 is 1. The average molecular weight is 405 g/mol. The molecule has 1 atom stereocenters. The Hall–Kier alpha value is -0.850. The van der Waals surface area contributed by atoms with Crippen molar-refractivity contribution >= 4 is 43.5 Å². The summed E-state index contributed by atoms with van der Waals surface area (Å²) in [6.07, 6.45) is 2.74. The Morgan fingerprint density at radius 2 is 2.20 bits per heavy atom. The molecule has 1 unspecified atom stereocenters. The molecular weight excluding hydrogens is 390 g/mol. The number of hydrogen-bond acceptors (Lipinski definition) is 3. The van der Waals surface area contributed by atoms with E-state index in [-0.39, 0.29) is 17.5 Å². The Bertz CT molecular complexity index is 545. The van der Waals surface area contributed by atoms with Crippen molar-refractivity contribution in [3.05, 3.63) is 34.3 Å². The van der Waals surface area contributed by atoms with Gasteiger partial charge in [0.2, 0.25) is 5.91 Å². The van der Waals surface area contributed by atoms with E-state index in [0.29, 0.717) is 12.2 Å². The van der Waals surface area contributed by atoms with Crippen LogP contribution in [0.5, 0.6) is 5.75 Å². The first-order chi connectivity index (χ1) is 9.54. The molecule has 1 aliphatic rings. The summed E-state index contributed by atoms with van der Waals surface area (Å²) in [6.45, 7) is 0.206. The minimum Gasteiger partial charge on any atom is -0.468 e. The highest BCUT2D eigenvalue weighted by molar-refractivity contribution is 9.10. The van der Waals surface area contributed by atoms with Crippen LogP contribution in [0.15, 0.2) is 28.7 Å². The molecule has 0 saturated heterocycles. The third-order valence-electron chi connectivity index (χ3n) is 3.04. The van der Waals surface area contributed by atoms with Crippen LogP contribution in [0.3, 0.4) is 0 Å². The van der Waals surface area contributed by atoms with Gasteiger partial charge in [0.1, 0.15) is 5.75 Å². The summed E-state index contributed by atoms with van der Waals surface area (Å²) >= 11 is 6.90. The number of carbonyl (C=O) groups is 1. The minimum atomic E-state index is -0.140. The first-order valence-electron chi connectivity index (χ1n) is 6.08. The molecule has 0 spiro atoms. The van der Waals surface area contributed by atoms with Crippen molar-refractivity contribution in [2.75, 3.05) is 21.0 Å². The number of ether oxygens (including phenoxy) is 2. The third kappa shape index (κ3) is 3.24. The number of halogens is 2. The van der Waals surface area contributed by atoms with Crippen LogP contribution < -0.4 is 4.74 Å². The van der Waals surface area contributed by atoms with Crippen molar-refractivity contribution in [3.63, 3.8) is 0 Å². The molecule has 1 heterocycles. The molecule has 2 rings (SSSR count). The van der Waals surface area contributed by atoms with Crippen LogP contribution in [-0.4, -0.2) is 36.6 Å². The molecule has 1 aliphatic heterocycles. The van der Waals surface area contributed by atoms with E-state index in [4.69, 9.17) is 9.47 Å². The summed E-state index contributed by atoms with van der Waals surface area (Å²) in [6, 6.07) is 5.66. The van der Waals surface area contributed by atoms with E-state index in [1.165, 1.54) is 0 Å². The maximum Gasteiger partial charge on any atom is 0.240 e. The molecule has 1 aromatic carbocycles. The highest BCUT2D eigenvalue weighted by atomic mass is 79.9. The summed E-state index contributed by atoms with van der Waals surface area (Å²) in [4.78, 5) is 13.5. The van der Waals surface area contributed by atoms with E-state index in [2.05, 4.69) is 37.9 Å². The quantitative estimate of drug-likeness (QED) is 0.570. The lowest BCUT2D eigenvalue weighted by atomic mass is 10.0. The van der Waals surface area contributed by atoms with Crippen molar-refractivity contribution in [2.45, 2.75) is 11.2 Å². The van der Waals surface area contributed by atoms with Crippen LogP contribution in [-0.2, 0) is 9.53 Å². The van der Waals surface area contributed by atoms with Crippen LogP contribution >= 0.6 is 31.9 Å². The molecule has 0 saturated carbocycles. The van der Waals surface area contributed by atoms with Crippen molar-refractivity contribution in [2.24, 2.45) is 0 Å². The zero-order valence-corrected chi connectivity index (χ0v) is 14.4. The fraction of sp³-hybridized carbons (Fsp3) is 0.357. The van der Waals surface area contributed by atoms with E-state index in [1.807, 2.05) is 18.2 Å². The van der Waals surface area contributed by atoms with Crippen LogP contribution in [0, 0.1) is 0 Å². The molecule has 1 aromatic rings. The normalized spacial score (nSPS) is 19.0. The van der Waals surface area contributed by atoms with E-state index in [1.54, 1.807) is 19.1 Å². The molecule has 0 bridgehead atoms. The second-order valence-electron chi connectivity index (χ2n) is 4.38. The van der Waals surface area contributed by atoms with Gasteiger partial charge in [-0.2, -0.15) is 0 Å². The largest absolute Gasteiger partial charge is 0.468 e. The predicted octanol–water partition coefficient (Wildman–Crippen LogP) is 3.40. The highest BCUT2D eigenvalue weighted by Gasteiger charge is 2.27. The summed E-state index contributed by atoms with van der Waals surface area (Å²) in [7, 11) is 3.36. The van der Waals surface area contributed by atoms with Gasteiger partial charge in [0.15, 0.2) is 6.79 Å². The Morgan fingerprint density at radius 3 is 2.85 bits per heavy atom. The van der Waals surface area contributed by atoms with Gasteiger partial charge >= 0.3 is 0 Å². The monoisotopic (exact) mass is 403 g/mol. The van der Waals surface area contributed by atoms with Gasteiger partial charge in [0.05, 0.1) is 4.83 Å². The van der Waals surface area contributed by atoms with Gasteiger partial charge in [0.25, 0.3) is 0 Å². The zero-order chi connectivity index (χ0) is 14.7. The molecule has 0 fully saturated rings. The van der Waals surface area contributed by atoms with E-state index in [0.717, 1.165) is 15.7 Å². The maximum absolute atomic E-state index is 12.0. The Morgan fingerprint density at radius 1 is 1.45 bits per heavy atom. The molecule has 0 N–H and O–H groups in total. The number of benzene rings is 1.